The van der Waals surface area contributed by atoms with Crippen LogP contribution in [0.25, 0.3) is 0 Å². The van der Waals surface area contributed by atoms with E-state index in [0.29, 0.717) is 19.3 Å². The summed E-state index contributed by atoms with van der Waals surface area (Å²) in [6.45, 7) is 3.24. The molecule has 1 amide bonds. The van der Waals surface area contributed by atoms with Crippen molar-refractivity contribution in [3.63, 3.8) is 0 Å². The minimum Gasteiger partial charge on any atom is -0.381 e. The number of nitrogens with one attached hydrogen (secondary N) is 1. The van der Waals surface area contributed by atoms with E-state index < -0.39 is 5.41 Å². The average Bonchev–Trinajstić information content (AvgIpc) is 3.09. The molecule has 1 N–H and O–H groups in total. The van der Waals surface area contributed by atoms with Crippen molar-refractivity contribution in [2.75, 3.05) is 33.4 Å². The predicted molar refractivity (Wildman–Crippen MR) is 89.5 cm³/mol. The van der Waals surface area contributed by atoms with Gasteiger partial charge in [0.1, 0.15) is 0 Å². The van der Waals surface area contributed by atoms with Crippen LogP contribution < -0.4 is 5.32 Å². The largest absolute Gasteiger partial charge is 0.381 e. The van der Waals surface area contributed by atoms with E-state index in [4.69, 9.17) is 4.74 Å². The number of hydrogen-bond acceptors (Lipinski definition) is 3. The van der Waals surface area contributed by atoms with Crippen LogP contribution in [0, 0.1) is 0 Å². The van der Waals surface area contributed by atoms with Gasteiger partial charge in [-0.25, -0.2) is 0 Å². The van der Waals surface area contributed by atoms with Crippen LogP contribution in [0.5, 0.6) is 0 Å². The van der Waals surface area contributed by atoms with Gasteiger partial charge in [0, 0.05) is 32.8 Å². The second-order valence-electron chi connectivity index (χ2n) is 6.12. The normalized spacial score (nSPS) is 23.6. The highest BCUT2D eigenvalue weighted by atomic mass is 35.5. The molecule has 0 aliphatic carbocycles. The van der Waals surface area contributed by atoms with Gasteiger partial charge in [-0.2, -0.15) is 0 Å². The van der Waals surface area contributed by atoms with Crippen molar-refractivity contribution in [3.05, 3.63) is 35.9 Å². The van der Waals surface area contributed by atoms with Crippen LogP contribution in [0.4, 0.5) is 0 Å². The first-order valence-corrected chi connectivity index (χ1v) is 7.85. The third kappa shape index (κ3) is 3.14. The highest BCUT2D eigenvalue weighted by Gasteiger charge is 2.44. The Morgan fingerprint density at radius 2 is 1.95 bits per heavy atom. The Morgan fingerprint density at radius 1 is 1.27 bits per heavy atom. The number of carbonyl (C=O) groups is 1. The van der Waals surface area contributed by atoms with E-state index in [1.165, 1.54) is 0 Å². The predicted octanol–water partition coefficient (Wildman–Crippen LogP) is 1.98. The Labute approximate surface area is 138 Å². The highest BCUT2D eigenvalue weighted by Crippen LogP contribution is 2.37. The Hall–Kier alpha value is -1.10. The van der Waals surface area contributed by atoms with Crippen LogP contribution in [-0.4, -0.2) is 50.2 Å². The van der Waals surface area contributed by atoms with Crippen molar-refractivity contribution in [1.82, 2.24) is 10.2 Å². The first kappa shape index (κ1) is 17.3. The summed E-state index contributed by atoms with van der Waals surface area (Å²) in [5.74, 6) is 0.255. The topological polar surface area (TPSA) is 41.6 Å². The zero-order valence-electron chi connectivity index (χ0n) is 13.1. The number of nitrogens with zero attached hydrogens (tertiary/aromatic N) is 1. The molecular weight excluding hydrogens is 300 g/mol. The van der Waals surface area contributed by atoms with Crippen molar-refractivity contribution in [1.29, 1.82) is 0 Å². The van der Waals surface area contributed by atoms with Gasteiger partial charge < -0.3 is 15.0 Å². The van der Waals surface area contributed by atoms with Gasteiger partial charge in [0.15, 0.2) is 0 Å². The lowest BCUT2D eigenvalue weighted by molar-refractivity contribution is -0.141. The van der Waals surface area contributed by atoms with E-state index in [0.717, 1.165) is 37.9 Å². The van der Waals surface area contributed by atoms with Gasteiger partial charge in [0.05, 0.1) is 5.41 Å². The van der Waals surface area contributed by atoms with E-state index in [1.807, 2.05) is 30.1 Å². The molecule has 2 heterocycles. The maximum atomic E-state index is 13.3. The molecule has 22 heavy (non-hydrogen) atoms. The minimum atomic E-state index is -0.406. The van der Waals surface area contributed by atoms with Gasteiger partial charge in [-0.3, -0.25) is 4.79 Å². The minimum absolute atomic E-state index is 0. The molecule has 1 atom stereocenters. The van der Waals surface area contributed by atoms with Gasteiger partial charge in [-0.15, -0.1) is 12.4 Å². The summed E-state index contributed by atoms with van der Waals surface area (Å²) in [5.41, 5.74) is 0.729. The summed E-state index contributed by atoms with van der Waals surface area (Å²) < 4.78 is 5.52. The van der Waals surface area contributed by atoms with Crippen LogP contribution >= 0.6 is 12.4 Å². The molecule has 122 valence electrons. The first-order chi connectivity index (χ1) is 10.2. The van der Waals surface area contributed by atoms with Gasteiger partial charge in [0.2, 0.25) is 5.91 Å². The van der Waals surface area contributed by atoms with Crippen LogP contribution in [0.2, 0.25) is 0 Å². The number of likely N-dealkylation sites (N-methyl/N-ethyl adjacent to an activating group) is 1. The summed E-state index contributed by atoms with van der Waals surface area (Å²) in [7, 11) is 1.96. The molecule has 2 aliphatic heterocycles. The van der Waals surface area contributed by atoms with Crippen LogP contribution in [0.3, 0.4) is 0 Å². The molecule has 0 bridgehead atoms. The Balaban J connectivity index is 0.00000176. The third-order valence-electron chi connectivity index (χ3n) is 4.98. The maximum absolute atomic E-state index is 13.3. The summed E-state index contributed by atoms with van der Waals surface area (Å²) in [5, 5.41) is 3.34. The fraction of sp³-hybridized carbons (Fsp3) is 0.588. The number of benzene rings is 1. The second kappa shape index (κ2) is 7.44. The average molecular weight is 325 g/mol. The smallest absolute Gasteiger partial charge is 0.233 e. The monoisotopic (exact) mass is 324 g/mol. The zero-order chi connectivity index (χ0) is 14.7. The number of hydrogen-bond donors (Lipinski definition) is 1. The lowest BCUT2D eigenvalue weighted by Gasteiger charge is -2.40. The summed E-state index contributed by atoms with van der Waals surface area (Å²) >= 11 is 0. The van der Waals surface area contributed by atoms with Crippen molar-refractivity contribution in [2.24, 2.45) is 0 Å². The Morgan fingerprint density at radius 3 is 2.55 bits per heavy atom. The molecule has 0 aromatic heterocycles. The standard InChI is InChI=1S/C17H24N2O2.ClH/c1-19(15-7-10-18-13-15)16(20)17(8-11-21-12-9-17)14-5-3-2-4-6-14;/h2-6,15,18H,7-13H2,1H3;1H. The SMILES string of the molecule is CN(C(=O)C1(c2ccccc2)CCOCC1)C1CCNC1.Cl. The molecule has 1 unspecified atom stereocenters. The molecule has 2 fully saturated rings. The fourth-order valence-corrected chi connectivity index (χ4v) is 3.58. The van der Waals surface area contributed by atoms with Gasteiger partial charge in [0.25, 0.3) is 0 Å². The molecular formula is C17H25ClN2O2. The van der Waals surface area contributed by atoms with Crippen LogP contribution in [-0.2, 0) is 14.9 Å². The molecule has 1 aromatic carbocycles. The van der Waals surface area contributed by atoms with Crippen molar-refractivity contribution < 1.29 is 9.53 Å². The number of halogens is 1. The van der Waals surface area contributed by atoms with E-state index in [1.54, 1.807) is 0 Å². The number of amides is 1. The van der Waals surface area contributed by atoms with Crippen molar-refractivity contribution in [2.45, 2.75) is 30.7 Å². The molecule has 2 saturated heterocycles. The second-order valence-corrected chi connectivity index (χ2v) is 6.12. The molecule has 0 spiro atoms. The van der Waals surface area contributed by atoms with Crippen LogP contribution in [0.15, 0.2) is 30.3 Å². The van der Waals surface area contributed by atoms with Gasteiger partial charge in [-0.1, -0.05) is 30.3 Å². The summed E-state index contributed by atoms with van der Waals surface area (Å²) in [6.07, 6.45) is 2.60. The molecule has 0 saturated carbocycles. The summed E-state index contributed by atoms with van der Waals surface area (Å²) in [4.78, 5) is 15.2. The molecule has 4 nitrogen and oxygen atoms in total. The third-order valence-corrected chi connectivity index (χ3v) is 4.98. The van der Waals surface area contributed by atoms with Gasteiger partial charge in [-0.05, 0) is 31.4 Å². The number of carbonyl (C=O) groups excluding carboxylic acids is 1. The highest BCUT2D eigenvalue weighted by molar-refractivity contribution is 5.88. The Kier molecular flexibility index (Phi) is 5.84. The first-order valence-electron chi connectivity index (χ1n) is 7.85. The lowest BCUT2D eigenvalue weighted by atomic mass is 9.73. The summed E-state index contributed by atoms with van der Waals surface area (Å²) in [6, 6.07) is 10.5. The van der Waals surface area contributed by atoms with E-state index >= 15 is 0 Å². The van der Waals surface area contributed by atoms with Gasteiger partial charge >= 0.3 is 0 Å². The molecule has 5 heteroatoms. The molecule has 0 radical (unpaired) electrons. The van der Waals surface area contributed by atoms with E-state index in [2.05, 4.69) is 17.4 Å². The number of rotatable bonds is 3. The maximum Gasteiger partial charge on any atom is 0.233 e. The van der Waals surface area contributed by atoms with Crippen molar-refractivity contribution in [3.8, 4) is 0 Å². The fourth-order valence-electron chi connectivity index (χ4n) is 3.58. The lowest BCUT2D eigenvalue weighted by Crippen LogP contribution is -2.52. The molecule has 1 aromatic rings. The molecule has 3 rings (SSSR count). The van der Waals surface area contributed by atoms with E-state index in [9.17, 15) is 4.79 Å². The van der Waals surface area contributed by atoms with Crippen molar-refractivity contribution >= 4 is 18.3 Å². The zero-order valence-corrected chi connectivity index (χ0v) is 13.9. The Bertz CT molecular complexity index is 483. The molecule has 2 aliphatic rings. The number of ether oxygens (including phenoxy) is 1. The van der Waals surface area contributed by atoms with Crippen LogP contribution in [0.1, 0.15) is 24.8 Å². The quantitative estimate of drug-likeness (QED) is 0.924. The van der Waals surface area contributed by atoms with E-state index in [-0.39, 0.29) is 18.3 Å².